The van der Waals surface area contributed by atoms with Crippen molar-refractivity contribution in [3.63, 3.8) is 0 Å². The van der Waals surface area contributed by atoms with E-state index >= 15 is 0 Å². The van der Waals surface area contributed by atoms with Gasteiger partial charge in [0.1, 0.15) is 5.75 Å². The van der Waals surface area contributed by atoms with Gasteiger partial charge in [0.15, 0.2) is 0 Å². The molecule has 2 aromatic heterocycles. The highest BCUT2D eigenvalue weighted by molar-refractivity contribution is 5.86. The van der Waals surface area contributed by atoms with Crippen LogP contribution in [0.5, 0.6) is 5.75 Å². The van der Waals surface area contributed by atoms with Crippen molar-refractivity contribution in [3.05, 3.63) is 77.5 Å². The molecule has 0 fully saturated rings. The largest absolute Gasteiger partial charge is 0.573 e. The molecule has 0 aliphatic carbocycles. The number of ether oxygens (including phenoxy) is 1. The van der Waals surface area contributed by atoms with Gasteiger partial charge in [0.05, 0.1) is 24.2 Å². The molecule has 0 aliphatic rings. The summed E-state index contributed by atoms with van der Waals surface area (Å²) in [6.07, 6.45) is 0.373. The molecule has 0 spiro atoms. The molecule has 9 heteroatoms. The van der Waals surface area contributed by atoms with Gasteiger partial charge in [-0.1, -0.05) is 24.3 Å². The van der Waals surface area contributed by atoms with Gasteiger partial charge in [-0.3, -0.25) is 9.48 Å². The lowest BCUT2D eigenvalue weighted by Gasteiger charge is -2.14. The van der Waals surface area contributed by atoms with Crippen molar-refractivity contribution in [1.29, 1.82) is 0 Å². The highest BCUT2D eigenvalue weighted by atomic mass is 19.4. The zero-order chi connectivity index (χ0) is 21.3. The number of nitrogens with zero attached hydrogens (tertiary/aromatic N) is 4. The second-order valence-corrected chi connectivity index (χ2v) is 6.84. The van der Waals surface area contributed by atoms with E-state index in [9.17, 15) is 18.0 Å². The van der Waals surface area contributed by atoms with E-state index in [1.807, 2.05) is 19.2 Å². The summed E-state index contributed by atoms with van der Waals surface area (Å²) in [7, 11) is 0. The Labute approximate surface area is 169 Å². The quantitative estimate of drug-likeness (QED) is 0.485. The molecule has 2 heterocycles. The average molecular weight is 414 g/mol. The molecule has 4 aromatic rings. The highest BCUT2D eigenvalue weighted by Gasteiger charge is 2.30. The first kappa shape index (κ1) is 19.7. The van der Waals surface area contributed by atoms with Crippen molar-refractivity contribution in [2.45, 2.75) is 25.9 Å². The van der Waals surface area contributed by atoms with Crippen LogP contribution < -0.4 is 10.3 Å². The summed E-state index contributed by atoms with van der Waals surface area (Å²) in [5, 5.41) is 9.59. The predicted octanol–water partition coefficient (Wildman–Crippen LogP) is 4.42. The van der Waals surface area contributed by atoms with E-state index < -0.39 is 6.36 Å². The molecule has 1 atom stereocenters. The second kappa shape index (κ2) is 7.66. The Bertz CT molecular complexity index is 1220. The van der Waals surface area contributed by atoms with E-state index in [2.05, 4.69) is 14.9 Å². The summed E-state index contributed by atoms with van der Waals surface area (Å²) in [5.74, 6) is -0.300. The van der Waals surface area contributed by atoms with Crippen molar-refractivity contribution >= 4 is 10.8 Å². The van der Waals surface area contributed by atoms with E-state index in [0.717, 1.165) is 0 Å². The molecule has 154 valence electrons. The predicted molar refractivity (Wildman–Crippen MR) is 105 cm³/mol. The van der Waals surface area contributed by atoms with Crippen molar-refractivity contribution in [1.82, 2.24) is 19.6 Å². The van der Waals surface area contributed by atoms with Crippen LogP contribution >= 0.6 is 0 Å². The Morgan fingerprint density at radius 2 is 1.80 bits per heavy atom. The molecule has 30 heavy (non-hydrogen) atoms. The van der Waals surface area contributed by atoms with Crippen LogP contribution in [0.1, 0.15) is 13.0 Å². The number of hydrogen-bond donors (Lipinski definition) is 0. The van der Waals surface area contributed by atoms with Crippen LogP contribution in [0.15, 0.2) is 71.9 Å². The number of rotatable bonds is 5. The molecule has 0 saturated heterocycles. The summed E-state index contributed by atoms with van der Waals surface area (Å²) in [6, 6.07) is 12.5. The molecule has 0 amide bonds. The maximum absolute atomic E-state index is 13.0. The third-order valence-corrected chi connectivity index (χ3v) is 4.69. The van der Waals surface area contributed by atoms with Crippen LogP contribution in [0.3, 0.4) is 0 Å². The lowest BCUT2D eigenvalue weighted by atomic mass is 10.0. The maximum Gasteiger partial charge on any atom is 0.573 e. The Balaban J connectivity index is 1.64. The molecule has 0 radical (unpaired) electrons. The first-order valence-corrected chi connectivity index (χ1v) is 9.15. The number of aromatic nitrogens is 4. The van der Waals surface area contributed by atoms with Crippen molar-refractivity contribution < 1.29 is 17.9 Å². The van der Waals surface area contributed by atoms with E-state index in [1.54, 1.807) is 35.3 Å². The van der Waals surface area contributed by atoms with Crippen LogP contribution in [-0.2, 0) is 6.54 Å². The molecule has 1 unspecified atom stereocenters. The van der Waals surface area contributed by atoms with Crippen molar-refractivity contribution in [3.8, 4) is 16.9 Å². The van der Waals surface area contributed by atoms with E-state index in [1.165, 1.54) is 28.9 Å². The third-order valence-electron chi connectivity index (χ3n) is 4.69. The molecule has 0 bridgehead atoms. The fraction of sp³-hybridized carbons (Fsp3) is 0.190. The second-order valence-electron chi connectivity index (χ2n) is 6.84. The number of hydrogen-bond acceptors (Lipinski definition) is 4. The van der Waals surface area contributed by atoms with Gasteiger partial charge in [0.25, 0.3) is 5.56 Å². The van der Waals surface area contributed by atoms with Gasteiger partial charge in [0, 0.05) is 17.8 Å². The maximum atomic E-state index is 13.0. The smallest absolute Gasteiger partial charge is 0.406 e. The van der Waals surface area contributed by atoms with Gasteiger partial charge >= 0.3 is 6.36 Å². The summed E-state index contributed by atoms with van der Waals surface area (Å²) < 4.78 is 44.0. The first-order chi connectivity index (χ1) is 14.3. The number of fused-ring (bicyclic) bond motifs is 1. The van der Waals surface area contributed by atoms with E-state index in [4.69, 9.17) is 0 Å². The standard InChI is InChI=1S/C21H17F3N4O2/c1-14(27-10-2-9-25-27)13-28-20(29)19-11-16(3-4-17(19)12-26-28)15-5-7-18(8-6-15)30-21(22,23)24/h2-12,14H,13H2,1H3. The van der Waals surface area contributed by atoms with E-state index in [-0.39, 0.29) is 17.4 Å². The Morgan fingerprint density at radius 3 is 2.47 bits per heavy atom. The Hall–Kier alpha value is -3.62. The summed E-state index contributed by atoms with van der Waals surface area (Å²) in [6.45, 7) is 2.29. The van der Waals surface area contributed by atoms with Crippen molar-refractivity contribution in [2.75, 3.05) is 0 Å². The van der Waals surface area contributed by atoms with Crippen LogP contribution in [0, 0.1) is 0 Å². The van der Waals surface area contributed by atoms with Gasteiger partial charge in [-0.25, -0.2) is 4.68 Å². The average Bonchev–Trinajstić information content (AvgIpc) is 3.24. The van der Waals surface area contributed by atoms with Gasteiger partial charge < -0.3 is 4.74 Å². The number of halogens is 3. The van der Waals surface area contributed by atoms with Crippen molar-refractivity contribution in [2.24, 2.45) is 0 Å². The summed E-state index contributed by atoms with van der Waals surface area (Å²) in [5.41, 5.74) is 1.13. The molecule has 6 nitrogen and oxygen atoms in total. The van der Waals surface area contributed by atoms with Gasteiger partial charge in [-0.05, 0) is 42.3 Å². The number of alkyl halides is 3. The van der Waals surface area contributed by atoms with Gasteiger partial charge in [0.2, 0.25) is 0 Å². The molecule has 0 saturated carbocycles. The van der Waals surface area contributed by atoms with E-state index in [0.29, 0.717) is 28.4 Å². The molecule has 0 aliphatic heterocycles. The minimum Gasteiger partial charge on any atom is -0.406 e. The van der Waals surface area contributed by atoms with Gasteiger partial charge in [-0.15, -0.1) is 13.2 Å². The Kier molecular flexibility index (Phi) is 5.03. The fourth-order valence-electron chi connectivity index (χ4n) is 3.21. The van der Waals surface area contributed by atoms with Crippen LogP contribution in [0.4, 0.5) is 13.2 Å². The fourth-order valence-corrected chi connectivity index (χ4v) is 3.21. The minimum absolute atomic E-state index is 0.0630. The monoisotopic (exact) mass is 414 g/mol. The molecular formula is C21H17F3N4O2. The normalized spacial score (nSPS) is 12.8. The van der Waals surface area contributed by atoms with Crippen LogP contribution in [-0.4, -0.2) is 25.9 Å². The molecule has 4 rings (SSSR count). The zero-order valence-electron chi connectivity index (χ0n) is 15.9. The third kappa shape index (κ3) is 4.19. The van der Waals surface area contributed by atoms with Crippen LogP contribution in [0.2, 0.25) is 0 Å². The lowest BCUT2D eigenvalue weighted by molar-refractivity contribution is -0.274. The minimum atomic E-state index is -4.74. The SMILES string of the molecule is CC(Cn1ncc2ccc(-c3ccc(OC(F)(F)F)cc3)cc2c1=O)n1cccn1. The lowest BCUT2D eigenvalue weighted by Crippen LogP contribution is -2.27. The summed E-state index contributed by atoms with van der Waals surface area (Å²) >= 11 is 0. The van der Waals surface area contributed by atoms with Gasteiger partial charge in [-0.2, -0.15) is 10.2 Å². The highest BCUT2D eigenvalue weighted by Crippen LogP contribution is 2.27. The first-order valence-electron chi connectivity index (χ1n) is 9.15. The number of benzene rings is 2. The topological polar surface area (TPSA) is 61.9 Å². The summed E-state index contributed by atoms with van der Waals surface area (Å²) in [4.78, 5) is 13.0. The molecule has 0 N–H and O–H groups in total. The van der Waals surface area contributed by atoms with Crippen LogP contribution in [0.25, 0.3) is 21.9 Å². The molecular weight excluding hydrogens is 397 g/mol. The molecule has 2 aromatic carbocycles. The Morgan fingerprint density at radius 1 is 1.07 bits per heavy atom. The zero-order valence-corrected chi connectivity index (χ0v) is 15.9.